The van der Waals surface area contributed by atoms with E-state index in [0.29, 0.717) is 38.5 Å². The maximum Gasteiger partial charge on any atom is 0.303 e. The Balaban J connectivity index is -0.000000325. The number of hydrogen-bond acceptors (Lipinski definition) is 6. The van der Waals surface area contributed by atoms with Crippen LogP contribution >= 0.6 is 0 Å². The maximum absolute atomic E-state index is 10.3. The summed E-state index contributed by atoms with van der Waals surface area (Å²) >= 11 is 0. The fraction of sp³-hybridized carbons (Fsp3) is 0.833. The summed E-state index contributed by atoms with van der Waals surface area (Å²) in [6.45, 7) is 13.6. The second kappa shape index (κ2) is 123. The van der Waals surface area contributed by atoms with E-state index in [1.54, 1.807) is 0 Å². The molecule has 0 radical (unpaired) electrons. The Morgan fingerprint density at radius 3 is 0.283 bits per heavy atom. The topological polar surface area (TPSA) is 224 Å². The Morgan fingerprint density at radius 2 is 0.200 bits per heavy atom. The molecule has 12 nitrogen and oxygen atoms in total. The molecule has 0 rings (SSSR count). The summed E-state index contributed by atoms with van der Waals surface area (Å²) < 4.78 is 0. The van der Waals surface area contributed by atoms with Gasteiger partial charge in [0.1, 0.15) is 0 Å². The van der Waals surface area contributed by atoms with Crippen LogP contribution in [0.25, 0.3) is 0 Å². The molecule has 0 aliphatic rings. The molecule has 0 amide bonds. The summed E-state index contributed by atoms with van der Waals surface area (Å²) in [6, 6.07) is 0. The average molecular weight is 1690 g/mol. The van der Waals surface area contributed by atoms with Crippen molar-refractivity contribution < 1.29 is 59.4 Å². The van der Waals surface area contributed by atoms with Gasteiger partial charge in [0.05, 0.1) is 0 Å². The van der Waals surface area contributed by atoms with Crippen molar-refractivity contribution in [2.75, 3.05) is 0 Å². The van der Waals surface area contributed by atoms with Crippen LogP contribution in [-0.2, 0) is 28.8 Å². The number of unbranched alkanes of at least 4 members (excludes halogenated alkanes) is 66. The number of carboxylic acids is 6. The zero-order valence-electron chi connectivity index (χ0n) is 80.5. The first-order chi connectivity index (χ1) is 58.6. The molecule has 0 unspecified atom stereocenters. The third kappa shape index (κ3) is 151. The molecule has 0 atom stereocenters. The minimum absolute atomic E-state index is 0.332. The van der Waals surface area contributed by atoms with Gasteiger partial charge in [-0.2, -0.15) is 0 Å². The molecule has 0 aromatic heterocycles. The lowest BCUT2D eigenvalue weighted by Gasteiger charge is -1.99. The minimum atomic E-state index is -0.664. The lowest BCUT2D eigenvalue weighted by atomic mass is 10.1. The Kier molecular flexibility index (Phi) is 129. The molecular formula is C108H204O12. The van der Waals surface area contributed by atoms with Gasteiger partial charge in [-0.25, -0.2) is 0 Å². The van der Waals surface area contributed by atoms with Gasteiger partial charge in [0, 0.05) is 38.5 Å². The monoisotopic (exact) mass is 1690 g/mol. The Morgan fingerprint density at radius 1 is 0.125 bits per heavy atom. The van der Waals surface area contributed by atoms with E-state index in [1.165, 1.54) is 424 Å². The Hall–Kier alpha value is -4.74. The SMILES string of the molecule is CCCCCCCCC=CCCCCCCCC(=O)O.CCCCCCCCC=CCCCCCCCC(=O)O.CCCCCCCCC=CCCCCCCCC(=O)O.CCCCCCCCC=CCCCCCCCC(=O)O.CCCCCCCCC=CCCCCCCCC(=O)O.CCCCCCCCC=CCCCCCCCC(=O)O. The van der Waals surface area contributed by atoms with E-state index in [2.05, 4.69) is 114 Å². The van der Waals surface area contributed by atoms with Crippen molar-refractivity contribution in [3.05, 3.63) is 72.9 Å². The van der Waals surface area contributed by atoms with Crippen molar-refractivity contribution in [3.63, 3.8) is 0 Å². The highest BCUT2D eigenvalue weighted by Gasteiger charge is 2.03. The first kappa shape index (κ1) is 126. The van der Waals surface area contributed by atoms with Gasteiger partial charge in [0.2, 0.25) is 0 Å². The van der Waals surface area contributed by atoms with Crippen molar-refractivity contribution in [1.29, 1.82) is 0 Å². The van der Waals surface area contributed by atoms with E-state index >= 15 is 0 Å². The third-order valence-electron chi connectivity index (χ3n) is 21.9. The molecule has 0 aromatic rings. The van der Waals surface area contributed by atoms with Crippen molar-refractivity contribution in [1.82, 2.24) is 0 Å². The van der Waals surface area contributed by atoms with Gasteiger partial charge in [-0.05, 0) is 193 Å². The fourth-order valence-electron chi connectivity index (χ4n) is 14.1. The molecule has 0 heterocycles. The fourth-order valence-corrected chi connectivity index (χ4v) is 14.1. The van der Waals surface area contributed by atoms with E-state index in [9.17, 15) is 28.8 Å². The van der Waals surface area contributed by atoms with Crippen LogP contribution in [0, 0.1) is 0 Å². The van der Waals surface area contributed by atoms with E-state index in [1.807, 2.05) is 0 Å². The van der Waals surface area contributed by atoms with Crippen molar-refractivity contribution in [3.8, 4) is 0 Å². The van der Waals surface area contributed by atoms with Crippen LogP contribution in [0.2, 0.25) is 0 Å². The second-order valence-electron chi connectivity index (χ2n) is 34.4. The van der Waals surface area contributed by atoms with Crippen LogP contribution in [0.3, 0.4) is 0 Å². The summed E-state index contributed by atoms with van der Waals surface area (Å²) in [5, 5.41) is 51.0. The van der Waals surface area contributed by atoms with Gasteiger partial charge in [-0.15, -0.1) is 0 Å². The predicted molar refractivity (Wildman–Crippen MR) is 523 cm³/mol. The van der Waals surface area contributed by atoms with E-state index < -0.39 is 35.8 Å². The van der Waals surface area contributed by atoms with Crippen LogP contribution in [0.1, 0.15) is 581 Å². The number of hydrogen-bond donors (Lipinski definition) is 6. The molecule has 0 bridgehead atoms. The number of allylic oxidation sites excluding steroid dienone is 12. The lowest BCUT2D eigenvalue weighted by Crippen LogP contribution is -1.93. The zero-order chi connectivity index (χ0) is 89.3. The minimum Gasteiger partial charge on any atom is -0.481 e. The van der Waals surface area contributed by atoms with Crippen molar-refractivity contribution >= 4 is 35.8 Å². The zero-order valence-corrected chi connectivity index (χ0v) is 80.5. The number of carboxylic acid groups (broad SMARTS) is 6. The molecule has 708 valence electrons. The quantitative estimate of drug-likeness (QED) is 0.0247. The van der Waals surface area contributed by atoms with E-state index in [-0.39, 0.29) is 0 Å². The largest absolute Gasteiger partial charge is 0.481 e. The van der Waals surface area contributed by atoms with Crippen molar-refractivity contribution in [2.24, 2.45) is 0 Å². The van der Waals surface area contributed by atoms with Gasteiger partial charge < -0.3 is 30.6 Å². The molecule has 0 aliphatic heterocycles. The van der Waals surface area contributed by atoms with Crippen LogP contribution in [0.15, 0.2) is 72.9 Å². The molecule has 0 spiro atoms. The van der Waals surface area contributed by atoms with Crippen LogP contribution in [0.4, 0.5) is 0 Å². The van der Waals surface area contributed by atoms with E-state index in [4.69, 9.17) is 30.6 Å². The highest BCUT2D eigenvalue weighted by atomic mass is 16.4. The first-order valence-corrected chi connectivity index (χ1v) is 51.8. The summed E-state index contributed by atoms with van der Waals surface area (Å²) in [5.74, 6) is -3.99. The van der Waals surface area contributed by atoms with Gasteiger partial charge in [-0.1, -0.05) is 423 Å². The molecular weight excluding hydrogens is 1490 g/mol. The first-order valence-electron chi connectivity index (χ1n) is 51.8. The third-order valence-corrected chi connectivity index (χ3v) is 21.9. The second-order valence-corrected chi connectivity index (χ2v) is 34.4. The molecule has 0 aliphatic carbocycles. The summed E-state index contributed by atoms with van der Waals surface area (Å²) in [7, 11) is 0. The molecule has 0 fully saturated rings. The smallest absolute Gasteiger partial charge is 0.303 e. The normalized spacial score (nSPS) is 11.2. The van der Waals surface area contributed by atoms with Gasteiger partial charge in [-0.3, -0.25) is 28.8 Å². The van der Waals surface area contributed by atoms with Crippen molar-refractivity contribution in [2.45, 2.75) is 581 Å². The van der Waals surface area contributed by atoms with Crippen LogP contribution in [-0.4, -0.2) is 66.5 Å². The number of carbonyl (C=O) groups is 6. The molecule has 12 heteroatoms. The highest BCUT2D eigenvalue weighted by Crippen LogP contribution is 2.18. The van der Waals surface area contributed by atoms with Gasteiger partial charge in [0.25, 0.3) is 0 Å². The number of aliphatic carboxylic acids is 6. The molecule has 0 saturated carbocycles. The highest BCUT2D eigenvalue weighted by molar-refractivity contribution is 5.68. The standard InChI is InChI=1S/6C18H34O2/c6*1-2-3-4-5-6-7-8-9-10-11-12-13-14-15-16-17-18(19)20/h6*9-10H,2-8,11-17H2,1H3,(H,19,20). The van der Waals surface area contributed by atoms with Crippen LogP contribution < -0.4 is 0 Å². The average Bonchev–Trinajstić information content (AvgIpc) is 1.37. The molecule has 6 N–H and O–H groups in total. The number of rotatable bonds is 90. The summed E-state index contributed by atoms with van der Waals surface area (Å²) in [6.07, 6.45) is 127. The molecule has 120 heavy (non-hydrogen) atoms. The molecule has 0 saturated heterocycles. The molecule has 0 aromatic carbocycles. The maximum atomic E-state index is 10.3. The van der Waals surface area contributed by atoms with Gasteiger partial charge in [0.15, 0.2) is 0 Å². The van der Waals surface area contributed by atoms with Crippen LogP contribution in [0.5, 0.6) is 0 Å². The predicted octanol–water partition coefficient (Wildman–Crippen LogP) is 36.7. The lowest BCUT2D eigenvalue weighted by molar-refractivity contribution is -0.138. The Bertz CT molecular complexity index is 1790. The van der Waals surface area contributed by atoms with Gasteiger partial charge >= 0.3 is 35.8 Å². The van der Waals surface area contributed by atoms with E-state index in [0.717, 1.165) is 77.0 Å². The summed E-state index contributed by atoms with van der Waals surface area (Å²) in [5.41, 5.74) is 0. The Labute approximate surface area is 744 Å². The summed E-state index contributed by atoms with van der Waals surface area (Å²) in [4.78, 5) is 61.9.